The summed E-state index contributed by atoms with van der Waals surface area (Å²) in [5.41, 5.74) is 1.06. The molecule has 2 nitrogen and oxygen atoms in total. The molecule has 0 spiro atoms. The first-order chi connectivity index (χ1) is 8.31. The molecule has 0 amide bonds. The van der Waals surface area contributed by atoms with E-state index in [1.54, 1.807) is 11.3 Å². The topological polar surface area (TPSA) is 36.7 Å². The molecule has 1 aromatic heterocycles. The number of benzene rings is 1. The first-order valence-electron chi connectivity index (χ1n) is 6.07. The summed E-state index contributed by atoms with van der Waals surface area (Å²) >= 11 is 1.76. The quantitative estimate of drug-likeness (QED) is 0.817. The Bertz CT molecular complexity index is 542. The fraction of sp³-hybridized carbons (Fsp3) is 0.429. The highest BCUT2D eigenvalue weighted by atomic mass is 32.1. The molecule has 86 valence electrons. The fourth-order valence-electron chi connectivity index (χ4n) is 2.39. The average molecular weight is 242 g/mol. The van der Waals surface area contributed by atoms with Gasteiger partial charge < -0.3 is 0 Å². The van der Waals surface area contributed by atoms with E-state index in [2.05, 4.69) is 23.2 Å². The zero-order valence-electron chi connectivity index (χ0n) is 9.65. The van der Waals surface area contributed by atoms with Gasteiger partial charge in [-0.25, -0.2) is 4.98 Å². The molecule has 1 aliphatic carbocycles. The summed E-state index contributed by atoms with van der Waals surface area (Å²) in [4.78, 5) is 4.62. The number of nitrogens with zero attached hydrogens (tertiary/aromatic N) is 2. The molecule has 0 aliphatic heterocycles. The number of para-hydroxylation sites is 1. The summed E-state index contributed by atoms with van der Waals surface area (Å²) in [6.07, 6.45) is 5.30. The molecule has 0 N–H and O–H groups in total. The fourth-order valence-corrected chi connectivity index (χ4v) is 3.36. The van der Waals surface area contributed by atoms with Crippen molar-refractivity contribution in [1.82, 2.24) is 4.98 Å². The molecule has 17 heavy (non-hydrogen) atoms. The normalized spacial score (nSPS) is 17.6. The second kappa shape index (κ2) is 4.12. The standard InChI is InChI=1S/C14H14N2S/c15-10-14(7-3-8-14)9-6-13-16-11-4-1-2-5-12(11)17-13/h1-2,4-5H,3,6-9H2. The monoisotopic (exact) mass is 242 g/mol. The Kier molecular flexibility index (Phi) is 2.60. The van der Waals surface area contributed by atoms with Gasteiger partial charge in [-0.05, 0) is 31.4 Å². The minimum absolute atomic E-state index is 0.0299. The molecule has 0 saturated heterocycles. The number of hydrogen-bond donors (Lipinski definition) is 0. The van der Waals surface area contributed by atoms with Crippen molar-refractivity contribution in [1.29, 1.82) is 5.26 Å². The molecule has 1 fully saturated rings. The second-order valence-electron chi connectivity index (χ2n) is 4.82. The van der Waals surface area contributed by atoms with E-state index in [1.807, 2.05) is 12.1 Å². The highest BCUT2D eigenvalue weighted by Crippen LogP contribution is 2.44. The highest BCUT2D eigenvalue weighted by Gasteiger charge is 2.36. The van der Waals surface area contributed by atoms with Crippen LogP contribution in [0.15, 0.2) is 24.3 Å². The molecule has 0 unspecified atom stereocenters. The van der Waals surface area contributed by atoms with Gasteiger partial charge >= 0.3 is 0 Å². The van der Waals surface area contributed by atoms with Gasteiger partial charge in [-0.1, -0.05) is 18.6 Å². The molecule has 1 aliphatic rings. The number of rotatable bonds is 3. The number of aromatic nitrogens is 1. The van der Waals surface area contributed by atoms with Crippen molar-refractivity contribution in [2.75, 3.05) is 0 Å². The molecule has 1 heterocycles. The number of thiazole rings is 1. The average Bonchev–Trinajstić information content (AvgIpc) is 2.71. The van der Waals surface area contributed by atoms with Crippen molar-refractivity contribution in [3.05, 3.63) is 29.3 Å². The molecule has 2 aromatic rings. The zero-order valence-corrected chi connectivity index (χ0v) is 10.5. The van der Waals surface area contributed by atoms with Crippen LogP contribution in [-0.4, -0.2) is 4.98 Å². The van der Waals surface area contributed by atoms with Crippen molar-refractivity contribution in [2.24, 2.45) is 5.41 Å². The third-order valence-electron chi connectivity index (χ3n) is 3.70. The summed E-state index contributed by atoms with van der Waals surface area (Å²) in [7, 11) is 0. The highest BCUT2D eigenvalue weighted by molar-refractivity contribution is 7.18. The van der Waals surface area contributed by atoms with E-state index in [4.69, 9.17) is 0 Å². The van der Waals surface area contributed by atoms with E-state index in [0.29, 0.717) is 0 Å². The number of nitriles is 1. The maximum atomic E-state index is 9.19. The summed E-state index contributed by atoms with van der Waals surface area (Å²) in [5.74, 6) is 0. The van der Waals surface area contributed by atoms with Crippen molar-refractivity contribution < 1.29 is 0 Å². The van der Waals surface area contributed by atoms with E-state index < -0.39 is 0 Å². The van der Waals surface area contributed by atoms with Gasteiger partial charge in [0.25, 0.3) is 0 Å². The molecule has 0 bridgehead atoms. The van der Waals surface area contributed by atoms with E-state index in [-0.39, 0.29) is 5.41 Å². The number of aryl methyl sites for hydroxylation is 1. The van der Waals surface area contributed by atoms with Crippen molar-refractivity contribution >= 4 is 21.6 Å². The third kappa shape index (κ3) is 1.94. The first kappa shape index (κ1) is 10.7. The second-order valence-corrected chi connectivity index (χ2v) is 5.94. The molecule has 3 heteroatoms. The van der Waals surface area contributed by atoms with E-state index in [9.17, 15) is 5.26 Å². The maximum Gasteiger partial charge on any atom is 0.0939 e. The van der Waals surface area contributed by atoms with Gasteiger partial charge in [0.05, 0.1) is 26.7 Å². The van der Waals surface area contributed by atoms with Gasteiger partial charge in [0.2, 0.25) is 0 Å². The van der Waals surface area contributed by atoms with E-state index >= 15 is 0 Å². The van der Waals surface area contributed by atoms with Crippen LogP contribution in [0.25, 0.3) is 10.2 Å². The lowest BCUT2D eigenvalue weighted by atomic mass is 9.67. The molecule has 0 atom stereocenters. The third-order valence-corrected chi connectivity index (χ3v) is 4.80. The Hall–Kier alpha value is -1.40. The molecule has 3 rings (SSSR count). The van der Waals surface area contributed by atoms with E-state index in [0.717, 1.165) is 31.2 Å². The lowest BCUT2D eigenvalue weighted by Crippen LogP contribution is -2.27. The minimum Gasteiger partial charge on any atom is -0.241 e. The maximum absolute atomic E-state index is 9.19. The van der Waals surface area contributed by atoms with Crippen molar-refractivity contribution in [3.63, 3.8) is 0 Å². The molecule has 0 radical (unpaired) electrons. The van der Waals surface area contributed by atoms with Crippen LogP contribution < -0.4 is 0 Å². The van der Waals surface area contributed by atoms with Crippen LogP contribution in [0.1, 0.15) is 30.7 Å². The van der Waals surface area contributed by atoms with Gasteiger partial charge in [-0.2, -0.15) is 5.26 Å². The summed E-state index contributed by atoms with van der Waals surface area (Å²) in [6.45, 7) is 0. The van der Waals surface area contributed by atoms with Crippen LogP contribution in [0.3, 0.4) is 0 Å². The van der Waals surface area contributed by atoms with Gasteiger partial charge in [-0.3, -0.25) is 0 Å². The lowest BCUT2D eigenvalue weighted by Gasteiger charge is -2.34. The van der Waals surface area contributed by atoms with Gasteiger partial charge in [0, 0.05) is 6.42 Å². The summed E-state index contributed by atoms with van der Waals surface area (Å²) in [6, 6.07) is 10.7. The van der Waals surface area contributed by atoms with Gasteiger partial charge in [-0.15, -0.1) is 11.3 Å². The van der Waals surface area contributed by atoms with Gasteiger partial charge in [0.1, 0.15) is 0 Å². The van der Waals surface area contributed by atoms with E-state index in [1.165, 1.54) is 16.1 Å². The van der Waals surface area contributed by atoms with Crippen LogP contribution in [0.2, 0.25) is 0 Å². The number of hydrogen-bond acceptors (Lipinski definition) is 3. The predicted molar refractivity (Wildman–Crippen MR) is 69.8 cm³/mol. The van der Waals surface area contributed by atoms with Gasteiger partial charge in [0.15, 0.2) is 0 Å². The molecule has 1 saturated carbocycles. The van der Waals surface area contributed by atoms with Crippen LogP contribution in [0.4, 0.5) is 0 Å². The molecular formula is C14H14N2S. The molecule has 1 aromatic carbocycles. The Labute approximate surface area is 105 Å². The first-order valence-corrected chi connectivity index (χ1v) is 6.89. The SMILES string of the molecule is N#CC1(CCc2nc3ccccc3s2)CCC1. The Morgan fingerprint density at radius 1 is 1.35 bits per heavy atom. The van der Waals surface area contributed by atoms with Crippen molar-refractivity contribution in [2.45, 2.75) is 32.1 Å². The molecular weight excluding hydrogens is 228 g/mol. The van der Waals surface area contributed by atoms with Crippen LogP contribution in [0, 0.1) is 16.7 Å². The van der Waals surface area contributed by atoms with Crippen molar-refractivity contribution in [3.8, 4) is 6.07 Å². The Morgan fingerprint density at radius 2 is 2.18 bits per heavy atom. The predicted octanol–water partition coefficient (Wildman–Crippen LogP) is 3.92. The Morgan fingerprint density at radius 3 is 2.82 bits per heavy atom. The smallest absolute Gasteiger partial charge is 0.0939 e. The largest absolute Gasteiger partial charge is 0.241 e. The summed E-state index contributed by atoms with van der Waals surface area (Å²) in [5, 5.41) is 10.4. The Balaban J connectivity index is 1.75. The lowest BCUT2D eigenvalue weighted by molar-refractivity contribution is 0.198. The zero-order chi connectivity index (χ0) is 11.7. The van der Waals surface area contributed by atoms with Crippen LogP contribution in [-0.2, 0) is 6.42 Å². The minimum atomic E-state index is -0.0299. The number of fused-ring (bicyclic) bond motifs is 1. The summed E-state index contributed by atoms with van der Waals surface area (Å²) < 4.78 is 1.25. The van der Waals surface area contributed by atoms with Crippen LogP contribution >= 0.6 is 11.3 Å². The van der Waals surface area contributed by atoms with Crippen LogP contribution in [0.5, 0.6) is 0 Å².